The Labute approximate surface area is 170 Å². The molecular weight excluding hydrogens is 372 g/mol. The topological polar surface area (TPSA) is 79.3 Å². The van der Waals surface area contributed by atoms with Gasteiger partial charge in [-0.3, -0.25) is 9.59 Å². The van der Waals surface area contributed by atoms with Crippen LogP contribution in [-0.2, 0) is 9.59 Å². The molecule has 1 heterocycles. The maximum absolute atomic E-state index is 12.3. The van der Waals surface area contributed by atoms with Gasteiger partial charge in [-0.05, 0) is 31.2 Å². The van der Waals surface area contributed by atoms with Gasteiger partial charge in [0.05, 0.1) is 13.0 Å². The van der Waals surface area contributed by atoms with Gasteiger partial charge in [-0.15, -0.1) is 0 Å². The summed E-state index contributed by atoms with van der Waals surface area (Å²) in [6.07, 6.45) is 0.221. The van der Waals surface area contributed by atoms with Gasteiger partial charge in [0.2, 0.25) is 5.91 Å². The van der Waals surface area contributed by atoms with E-state index in [1.54, 1.807) is 28.0 Å². The number of ether oxygens (including phenoxy) is 2. The highest BCUT2D eigenvalue weighted by molar-refractivity contribution is 5.79. The third-order valence-corrected chi connectivity index (χ3v) is 4.81. The smallest absolute Gasteiger partial charge is 0.260 e. The van der Waals surface area contributed by atoms with E-state index in [1.807, 2.05) is 31.2 Å². The van der Waals surface area contributed by atoms with E-state index in [9.17, 15) is 14.7 Å². The van der Waals surface area contributed by atoms with Gasteiger partial charge in [0.15, 0.2) is 18.1 Å². The average Bonchev–Trinajstić information content (AvgIpc) is 2.74. The van der Waals surface area contributed by atoms with E-state index < -0.39 is 0 Å². The zero-order valence-electron chi connectivity index (χ0n) is 16.5. The minimum atomic E-state index is -0.0828. The van der Waals surface area contributed by atoms with Crippen LogP contribution in [0.15, 0.2) is 48.5 Å². The number of piperazine rings is 1. The van der Waals surface area contributed by atoms with Crippen molar-refractivity contribution in [3.8, 4) is 17.2 Å². The monoisotopic (exact) mass is 398 g/mol. The number of rotatable bonds is 7. The highest BCUT2D eigenvalue weighted by atomic mass is 16.5. The fourth-order valence-corrected chi connectivity index (χ4v) is 3.06. The number of aryl methyl sites for hydroxylation is 1. The Bertz CT molecular complexity index is 829. The molecular formula is C22H26N2O5. The van der Waals surface area contributed by atoms with Crippen LogP contribution in [0.25, 0.3) is 0 Å². The molecule has 0 aliphatic carbocycles. The lowest BCUT2D eigenvalue weighted by Crippen LogP contribution is -2.51. The Hall–Kier alpha value is -3.22. The Morgan fingerprint density at radius 1 is 0.897 bits per heavy atom. The van der Waals surface area contributed by atoms with Crippen LogP contribution in [0, 0.1) is 6.92 Å². The van der Waals surface area contributed by atoms with Gasteiger partial charge >= 0.3 is 0 Å². The number of phenolic OH excluding ortho intramolecular Hbond substituents is 1. The fourth-order valence-electron chi connectivity index (χ4n) is 3.06. The molecule has 29 heavy (non-hydrogen) atoms. The first-order chi connectivity index (χ1) is 14.0. The number of nitrogens with zero attached hydrogens (tertiary/aromatic N) is 2. The van der Waals surface area contributed by atoms with Gasteiger partial charge in [-0.1, -0.05) is 29.8 Å². The number of aromatic hydroxyl groups is 1. The third-order valence-electron chi connectivity index (χ3n) is 4.81. The van der Waals surface area contributed by atoms with Crippen molar-refractivity contribution in [3.63, 3.8) is 0 Å². The zero-order valence-corrected chi connectivity index (χ0v) is 16.5. The van der Waals surface area contributed by atoms with Crippen molar-refractivity contribution in [2.45, 2.75) is 13.3 Å². The molecule has 0 spiro atoms. The van der Waals surface area contributed by atoms with Crippen LogP contribution in [0.5, 0.6) is 17.2 Å². The van der Waals surface area contributed by atoms with Crippen LogP contribution in [0.1, 0.15) is 12.0 Å². The molecule has 2 aromatic rings. The summed E-state index contributed by atoms with van der Waals surface area (Å²) in [6, 6.07) is 14.2. The van der Waals surface area contributed by atoms with Crippen molar-refractivity contribution in [3.05, 3.63) is 54.1 Å². The molecule has 0 aromatic heterocycles. The molecule has 0 radical (unpaired) electrons. The van der Waals surface area contributed by atoms with E-state index in [0.717, 1.165) is 5.56 Å². The summed E-state index contributed by atoms with van der Waals surface area (Å²) in [5.74, 6) is 0.982. The van der Waals surface area contributed by atoms with Gasteiger partial charge in [0.1, 0.15) is 5.75 Å². The van der Waals surface area contributed by atoms with Gasteiger partial charge < -0.3 is 24.4 Å². The second-order valence-corrected chi connectivity index (χ2v) is 6.93. The normalized spacial score (nSPS) is 13.8. The van der Waals surface area contributed by atoms with Crippen molar-refractivity contribution in [1.82, 2.24) is 9.80 Å². The molecule has 154 valence electrons. The number of hydrogen-bond donors (Lipinski definition) is 1. The maximum atomic E-state index is 12.3. The average molecular weight is 398 g/mol. The maximum Gasteiger partial charge on any atom is 0.260 e. The van der Waals surface area contributed by atoms with E-state index in [2.05, 4.69) is 0 Å². The van der Waals surface area contributed by atoms with Crippen molar-refractivity contribution in [2.75, 3.05) is 39.4 Å². The summed E-state index contributed by atoms with van der Waals surface area (Å²) in [6.45, 7) is 4.14. The minimum absolute atomic E-state index is 0.00852. The molecule has 3 rings (SSSR count). The summed E-state index contributed by atoms with van der Waals surface area (Å²) >= 11 is 0. The van der Waals surface area contributed by atoms with Crippen molar-refractivity contribution in [2.24, 2.45) is 0 Å². The van der Waals surface area contributed by atoms with Crippen LogP contribution < -0.4 is 9.47 Å². The van der Waals surface area contributed by atoms with Gasteiger partial charge in [0.25, 0.3) is 5.91 Å². The summed E-state index contributed by atoms with van der Waals surface area (Å²) in [5.41, 5.74) is 1.13. The van der Waals surface area contributed by atoms with E-state index in [0.29, 0.717) is 37.7 Å². The number of para-hydroxylation sites is 2. The second kappa shape index (κ2) is 9.82. The SMILES string of the molecule is Cc1ccc(OCC(=O)N2CCN(C(=O)CCOc3ccccc3O)CC2)cc1. The van der Waals surface area contributed by atoms with Crippen LogP contribution in [0.3, 0.4) is 0 Å². The Balaban J connectivity index is 1.36. The first kappa shape index (κ1) is 20.5. The number of hydrogen-bond acceptors (Lipinski definition) is 5. The Morgan fingerprint density at radius 2 is 1.52 bits per heavy atom. The summed E-state index contributed by atoms with van der Waals surface area (Å²) in [7, 11) is 0. The number of amides is 2. The molecule has 0 saturated carbocycles. The molecule has 1 N–H and O–H groups in total. The van der Waals surface area contributed by atoms with Gasteiger partial charge in [0, 0.05) is 26.2 Å². The van der Waals surface area contributed by atoms with Gasteiger partial charge in [-0.25, -0.2) is 0 Å². The molecule has 1 aliphatic rings. The number of phenols is 1. The zero-order chi connectivity index (χ0) is 20.6. The standard InChI is InChI=1S/C22H26N2O5/c1-17-6-8-18(9-7-17)29-16-22(27)24-13-11-23(12-14-24)21(26)10-15-28-20-5-3-2-4-19(20)25/h2-9,25H,10-16H2,1H3. The van der Waals surface area contributed by atoms with Gasteiger partial charge in [-0.2, -0.15) is 0 Å². The lowest BCUT2D eigenvalue weighted by atomic mass is 10.2. The van der Waals surface area contributed by atoms with Crippen LogP contribution in [0.4, 0.5) is 0 Å². The molecule has 2 amide bonds. The molecule has 7 nitrogen and oxygen atoms in total. The molecule has 0 unspecified atom stereocenters. The summed E-state index contributed by atoms with van der Waals surface area (Å²) in [5, 5.41) is 9.67. The molecule has 1 fully saturated rings. The fraction of sp³-hybridized carbons (Fsp3) is 0.364. The molecule has 0 atom stereocenters. The quantitative estimate of drug-likeness (QED) is 0.774. The second-order valence-electron chi connectivity index (χ2n) is 6.93. The minimum Gasteiger partial charge on any atom is -0.504 e. The van der Waals surface area contributed by atoms with E-state index >= 15 is 0 Å². The van der Waals surface area contributed by atoms with E-state index in [4.69, 9.17) is 9.47 Å². The summed E-state index contributed by atoms with van der Waals surface area (Å²) in [4.78, 5) is 28.1. The Kier molecular flexibility index (Phi) is 6.94. The number of carbonyl (C=O) groups excluding carboxylic acids is 2. The van der Waals surface area contributed by atoms with Crippen LogP contribution in [-0.4, -0.2) is 66.1 Å². The van der Waals surface area contributed by atoms with E-state index in [1.165, 1.54) is 6.07 Å². The van der Waals surface area contributed by atoms with Crippen molar-refractivity contribution >= 4 is 11.8 Å². The number of carbonyl (C=O) groups is 2. The first-order valence-corrected chi connectivity index (χ1v) is 9.69. The number of benzene rings is 2. The van der Waals surface area contributed by atoms with Crippen LogP contribution in [0.2, 0.25) is 0 Å². The Morgan fingerprint density at radius 3 is 2.17 bits per heavy atom. The molecule has 1 aliphatic heterocycles. The summed E-state index contributed by atoms with van der Waals surface area (Å²) < 4.78 is 11.0. The predicted molar refractivity (Wildman–Crippen MR) is 108 cm³/mol. The van der Waals surface area contributed by atoms with Crippen molar-refractivity contribution < 1.29 is 24.2 Å². The lowest BCUT2D eigenvalue weighted by molar-refractivity contribution is -0.141. The highest BCUT2D eigenvalue weighted by Crippen LogP contribution is 2.24. The highest BCUT2D eigenvalue weighted by Gasteiger charge is 2.24. The lowest BCUT2D eigenvalue weighted by Gasteiger charge is -2.34. The molecule has 0 bridgehead atoms. The largest absolute Gasteiger partial charge is 0.504 e. The third kappa shape index (κ3) is 5.88. The molecule has 7 heteroatoms. The first-order valence-electron chi connectivity index (χ1n) is 9.69. The molecule has 1 saturated heterocycles. The van der Waals surface area contributed by atoms with E-state index in [-0.39, 0.29) is 37.2 Å². The molecule has 2 aromatic carbocycles. The predicted octanol–water partition coefficient (Wildman–Crippen LogP) is 2.22. The van der Waals surface area contributed by atoms with Crippen LogP contribution >= 0.6 is 0 Å². The van der Waals surface area contributed by atoms with Crippen molar-refractivity contribution in [1.29, 1.82) is 0 Å².